The zero-order chi connectivity index (χ0) is 18.1. The van der Waals surface area contributed by atoms with Crippen molar-refractivity contribution in [2.45, 2.75) is 6.92 Å². The van der Waals surface area contributed by atoms with Crippen LogP contribution in [0.1, 0.15) is 16.1 Å². The number of fused-ring (bicyclic) bond motifs is 1. The van der Waals surface area contributed by atoms with Crippen molar-refractivity contribution in [3.8, 4) is 17.0 Å². The van der Waals surface area contributed by atoms with Crippen LogP contribution in [0.2, 0.25) is 0 Å². The monoisotopic (exact) mass is 343 g/mol. The lowest BCUT2D eigenvalue weighted by molar-refractivity contribution is 0.102. The molecule has 5 nitrogen and oxygen atoms in total. The van der Waals surface area contributed by atoms with Gasteiger partial charge >= 0.3 is 0 Å². The van der Waals surface area contributed by atoms with E-state index in [1.165, 1.54) is 0 Å². The number of nitrogens with one attached hydrogen (secondary N) is 2. The van der Waals surface area contributed by atoms with Crippen molar-refractivity contribution in [2.24, 2.45) is 0 Å². The van der Waals surface area contributed by atoms with Gasteiger partial charge in [0.25, 0.3) is 5.91 Å². The molecule has 0 aliphatic heterocycles. The first-order chi connectivity index (χ1) is 12.6. The number of aromatic hydroxyl groups is 1. The molecular formula is C21H17N3O2. The lowest BCUT2D eigenvalue weighted by Gasteiger charge is -2.07. The van der Waals surface area contributed by atoms with Gasteiger partial charge in [0.05, 0.1) is 5.69 Å². The van der Waals surface area contributed by atoms with Gasteiger partial charge < -0.3 is 10.4 Å². The molecule has 0 fully saturated rings. The average Bonchev–Trinajstić information content (AvgIpc) is 3.14. The van der Waals surface area contributed by atoms with E-state index in [0.29, 0.717) is 17.0 Å². The van der Waals surface area contributed by atoms with Gasteiger partial charge in [-0.2, -0.15) is 5.10 Å². The number of aromatic nitrogens is 2. The molecule has 0 bridgehead atoms. The summed E-state index contributed by atoms with van der Waals surface area (Å²) < 4.78 is 0. The molecule has 1 amide bonds. The van der Waals surface area contributed by atoms with Crippen LogP contribution in [-0.4, -0.2) is 21.2 Å². The molecule has 1 aromatic heterocycles. The number of phenols is 1. The zero-order valence-electron chi connectivity index (χ0n) is 14.2. The van der Waals surface area contributed by atoms with E-state index in [0.717, 1.165) is 22.0 Å². The van der Waals surface area contributed by atoms with Crippen LogP contribution in [0.5, 0.6) is 5.75 Å². The van der Waals surface area contributed by atoms with Crippen LogP contribution in [-0.2, 0) is 0 Å². The number of nitrogens with zero attached hydrogens (tertiary/aromatic N) is 1. The van der Waals surface area contributed by atoms with Crippen LogP contribution >= 0.6 is 0 Å². The van der Waals surface area contributed by atoms with Gasteiger partial charge in [-0.3, -0.25) is 9.89 Å². The number of hydrogen-bond acceptors (Lipinski definition) is 3. The minimum absolute atomic E-state index is 0.167. The SMILES string of the molecule is Cc1cccc(-c2cc(C(=O)Nc3cccc4ccccc34)[nH]n2)c1O. The molecule has 0 aliphatic rings. The number of phenolic OH excluding ortho intramolecular Hbond substituents is 1. The third kappa shape index (κ3) is 2.80. The van der Waals surface area contributed by atoms with Crippen molar-refractivity contribution in [3.05, 3.63) is 78.0 Å². The molecule has 0 spiro atoms. The summed E-state index contributed by atoms with van der Waals surface area (Å²) in [6.45, 7) is 1.82. The van der Waals surface area contributed by atoms with Crippen LogP contribution in [0, 0.1) is 6.92 Å². The number of rotatable bonds is 3. The molecule has 0 atom stereocenters. The Bertz CT molecular complexity index is 1110. The molecule has 26 heavy (non-hydrogen) atoms. The minimum atomic E-state index is -0.285. The maximum Gasteiger partial charge on any atom is 0.273 e. The predicted octanol–water partition coefficient (Wildman–Crippen LogP) is 4.50. The van der Waals surface area contributed by atoms with E-state index in [1.807, 2.05) is 61.5 Å². The second-order valence-corrected chi connectivity index (χ2v) is 6.12. The molecule has 128 valence electrons. The van der Waals surface area contributed by atoms with Crippen molar-refractivity contribution in [2.75, 3.05) is 5.32 Å². The van der Waals surface area contributed by atoms with E-state index in [4.69, 9.17) is 0 Å². The predicted molar refractivity (Wildman–Crippen MR) is 102 cm³/mol. The van der Waals surface area contributed by atoms with Crippen LogP contribution in [0.3, 0.4) is 0 Å². The fraction of sp³-hybridized carbons (Fsp3) is 0.0476. The highest BCUT2D eigenvalue weighted by Gasteiger charge is 2.15. The molecule has 0 saturated carbocycles. The number of H-pyrrole nitrogens is 1. The highest BCUT2D eigenvalue weighted by Crippen LogP contribution is 2.31. The number of carbonyl (C=O) groups excluding carboxylic acids is 1. The van der Waals surface area contributed by atoms with Crippen molar-refractivity contribution in [1.82, 2.24) is 10.2 Å². The summed E-state index contributed by atoms with van der Waals surface area (Å²) in [7, 11) is 0. The molecular weight excluding hydrogens is 326 g/mol. The fourth-order valence-electron chi connectivity index (χ4n) is 2.97. The van der Waals surface area contributed by atoms with Crippen molar-refractivity contribution in [1.29, 1.82) is 0 Å². The van der Waals surface area contributed by atoms with Crippen molar-refractivity contribution < 1.29 is 9.90 Å². The molecule has 0 radical (unpaired) electrons. The first-order valence-corrected chi connectivity index (χ1v) is 8.27. The van der Waals surface area contributed by atoms with Gasteiger partial charge in [0.2, 0.25) is 0 Å². The number of hydrogen-bond donors (Lipinski definition) is 3. The summed E-state index contributed by atoms with van der Waals surface area (Å²) >= 11 is 0. The Kier molecular flexibility index (Phi) is 3.89. The van der Waals surface area contributed by atoms with Gasteiger partial charge in [0.1, 0.15) is 11.4 Å². The van der Waals surface area contributed by atoms with Gasteiger partial charge in [-0.15, -0.1) is 0 Å². The Morgan fingerprint density at radius 1 is 1.04 bits per heavy atom. The first kappa shape index (κ1) is 15.9. The summed E-state index contributed by atoms with van der Waals surface area (Å²) in [5.41, 5.74) is 2.93. The normalized spacial score (nSPS) is 10.8. The average molecular weight is 343 g/mol. The van der Waals surface area contributed by atoms with Crippen LogP contribution in [0.25, 0.3) is 22.0 Å². The minimum Gasteiger partial charge on any atom is -0.507 e. The van der Waals surface area contributed by atoms with Gasteiger partial charge in [-0.1, -0.05) is 48.5 Å². The Hall–Kier alpha value is -3.60. The number of anilines is 1. The van der Waals surface area contributed by atoms with E-state index in [1.54, 1.807) is 12.1 Å². The second-order valence-electron chi connectivity index (χ2n) is 6.12. The van der Waals surface area contributed by atoms with Gasteiger partial charge in [0.15, 0.2) is 0 Å². The summed E-state index contributed by atoms with van der Waals surface area (Å²) in [5.74, 6) is -0.118. The van der Waals surface area contributed by atoms with Crippen molar-refractivity contribution in [3.63, 3.8) is 0 Å². The summed E-state index contributed by atoms with van der Waals surface area (Å²) in [4.78, 5) is 12.6. The Balaban J connectivity index is 1.63. The zero-order valence-corrected chi connectivity index (χ0v) is 14.2. The standard InChI is InChI=1S/C21H17N3O2/c1-13-6-4-10-16(20(13)25)18-12-19(24-23-18)21(26)22-17-11-5-8-14-7-2-3-9-15(14)17/h2-12,25H,1H3,(H,22,26)(H,23,24). The number of aryl methyl sites for hydroxylation is 1. The molecule has 4 rings (SSSR count). The molecule has 3 aromatic carbocycles. The second kappa shape index (κ2) is 6.37. The Labute approximate surface area is 150 Å². The fourth-order valence-corrected chi connectivity index (χ4v) is 2.97. The number of benzene rings is 3. The number of aromatic amines is 1. The highest BCUT2D eigenvalue weighted by atomic mass is 16.3. The maximum atomic E-state index is 12.6. The number of carbonyl (C=O) groups is 1. The third-order valence-corrected chi connectivity index (χ3v) is 4.37. The van der Waals surface area contributed by atoms with Crippen LogP contribution < -0.4 is 5.32 Å². The molecule has 0 saturated heterocycles. The number of amides is 1. The van der Waals surface area contributed by atoms with E-state index >= 15 is 0 Å². The highest BCUT2D eigenvalue weighted by molar-refractivity contribution is 6.08. The molecule has 3 N–H and O–H groups in total. The summed E-state index contributed by atoms with van der Waals surface area (Å²) in [5, 5.41) is 22.1. The topological polar surface area (TPSA) is 78.0 Å². The van der Waals surface area contributed by atoms with E-state index < -0.39 is 0 Å². The largest absolute Gasteiger partial charge is 0.507 e. The molecule has 0 unspecified atom stereocenters. The van der Waals surface area contributed by atoms with E-state index in [9.17, 15) is 9.90 Å². The van der Waals surface area contributed by atoms with E-state index in [-0.39, 0.29) is 11.7 Å². The third-order valence-electron chi connectivity index (χ3n) is 4.37. The lowest BCUT2D eigenvalue weighted by Crippen LogP contribution is -2.12. The van der Waals surface area contributed by atoms with Crippen LogP contribution in [0.15, 0.2) is 66.7 Å². The smallest absolute Gasteiger partial charge is 0.273 e. The summed E-state index contributed by atoms with van der Waals surface area (Å²) in [6, 6.07) is 20.7. The molecule has 0 aliphatic carbocycles. The lowest BCUT2D eigenvalue weighted by atomic mass is 10.1. The maximum absolute atomic E-state index is 12.6. The molecule has 5 heteroatoms. The first-order valence-electron chi connectivity index (χ1n) is 8.27. The Morgan fingerprint density at radius 3 is 2.69 bits per heavy atom. The molecule has 1 heterocycles. The van der Waals surface area contributed by atoms with Gasteiger partial charge in [-0.25, -0.2) is 0 Å². The Morgan fingerprint density at radius 2 is 1.81 bits per heavy atom. The van der Waals surface area contributed by atoms with Crippen LogP contribution in [0.4, 0.5) is 5.69 Å². The number of para-hydroxylation sites is 1. The van der Waals surface area contributed by atoms with Gasteiger partial charge in [-0.05, 0) is 36.1 Å². The quantitative estimate of drug-likeness (QED) is 0.513. The van der Waals surface area contributed by atoms with Crippen molar-refractivity contribution >= 4 is 22.4 Å². The van der Waals surface area contributed by atoms with Gasteiger partial charge in [0, 0.05) is 16.6 Å². The molecule has 4 aromatic rings. The summed E-state index contributed by atoms with van der Waals surface area (Å²) in [6.07, 6.45) is 0. The van der Waals surface area contributed by atoms with E-state index in [2.05, 4.69) is 15.5 Å².